The van der Waals surface area contributed by atoms with Crippen molar-refractivity contribution in [1.29, 1.82) is 0 Å². The molecule has 7 heteroatoms. The van der Waals surface area contributed by atoms with Crippen LogP contribution >= 0.6 is 15.9 Å². The van der Waals surface area contributed by atoms with Crippen LogP contribution in [0.15, 0.2) is 27.6 Å². The Labute approximate surface area is 126 Å². The minimum absolute atomic E-state index is 0.206. The molecule has 1 aromatic carbocycles. The van der Waals surface area contributed by atoms with Crippen molar-refractivity contribution < 1.29 is 12.8 Å². The predicted octanol–water partition coefficient (Wildman–Crippen LogP) is 1.96. The van der Waals surface area contributed by atoms with E-state index in [1.54, 1.807) is 6.07 Å². The van der Waals surface area contributed by atoms with Crippen LogP contribution in [-0.4, -0.2) is 38.4 Å². The van der Waals surface area contributed by atoms with Gasteiger partial charge in [-0.3, -0.25) is 0 Å². The van der Waals surface area contributed by atoms with Gasteiger partial charge in [-0.1, -0.05) is 15.9 Å². The van der Waals surface area contributed by atoms with E-state index >= 15 is 0 Å². The Hall–Kier alpha value is -0.500. The van der Waals surface area contributed by atoms with Gasteiger partial charge >= 0.3 is 0 Å². The minimum atomic E-state index is -3.75. The highest BCUT2D eigenvalue weighted by molar-refractivity contribution is 9.10. The predicted molar refractivity (Wildman–Crippen MR) is 77.4 cm³/mol. The van der Waals surface area contributed by atoms with Crippen LogP contribution in [0.3, 0.4) is 0 Å². The second-order valence-corrected chi connectivity index (χ2v) is 8.18. The lowest BCUT2D eigenvalue weighted by molar-refractivity contribution is 0.339. The first kappa shape index (κ1) is 14.4. The van der Waals surface area contributed by atoms with E-state index in [1.165, 1.54) is 16.4 Å². The Morgan fingerprint density at radius 1 is 1.35 bits per heavy atom. The molecular weight excluding hydrogens is 347 g/mol. The summed E-state index contributed by atoms with van der Waals surface area (Å²) in [6, 6.07) is 4.27. The normalized spacial score (nSPS) is 27.5. The zero-order valence-corrected chi connectivity index (χ0v) is 13.3. The second-order valence-electron chi connectivity index (χ2n) is 5.36. The maximum Gasteiger partial charge on any atom is 0.246 e. The van der Waals surface area contributed by atoms with Crippen molar-refractivity contribution in [3.63, 3.8) is 0 Å². The second kappa shape index (κ2) is 5.36. The molecule has 1 aromatic rings. The number of rotatable bonds is 2. The fourth-order valence-electron chi connectivity index (χ4n) is 3.03. The van der Waals surface area contributed by atoms with Crippen LogP contribution in [0.25, 0.3) is 0 Å². The van der Waals surface area contributed by atoms with Crippen LogP contribution in [0.4, 0.5) is 4.39 Å². The number of halogens is 2. The maximum atomic E-state index is 13.9. The van der Waals surface area contributed by atoms with Crippen molar-refractivity contribution in [2.75, 3.05) is 19.6 Å². The number of fused-ring (bicyclic) bond motifs is 1. The molecule has 0 unspecified atom stereocenters. The monoisotopic (exact) mass is 362 g/mol. The Bertz CT molecular complexity index is 609. The zero-order valence-electron chi connectivity index (χ0n) is 10.9. The number of sulfonamides is 1. The molecule has 0 spiro atoms. The summed E-state index contributed by atoms with van der Waals surface area (Å²) in [6.45, 7) is 1.85. The van der Waals surface area contributed by atoms with Gasteiger partial charge in [0.25, 0.3) is 0 Å². The van der Waals surface area contributed by atoms with Crippen molar-refractivity contribution in [3.8, 4) is 0 Å². The van der Waals surface area contributed by atoms with Crippen LogP contribution in [0, 0.1) is 11.7 Å². The van der Waals surface area contributed by atoms with Gasteiger partial charge in [0.2, 0.25) is 10.0 Å². The van der Waals surface area contributed by atoms with Gasteiger partial charge in [0.05, 0.1) is 0 Å². The largest absolute Gasteiger partial charge is 0.312 e. The molecule has 2 atom stereocenters. The Balaban J connectivity index is 1.89. The molecule has 2 aliphatic rings. The number of nitrogens with zero attached hydrogens (tertiary/aromatic N) is 1. The summed E-state index contributed by atoms with van der Waals surface area (Å²) in [5, 5.41) is 3.35. The number of hydrogen-bond acceptors (Lipinski definition) is 3. The molecule has 0 radical (unpaired) electrons. The van der Waals surface area contributed by atoms with E-state index in [4.69, 9.17) is 0 Å². The lowest BCUT2D eigenvalue weighted by Crippen LogP contribution is -2.41. The molecule has 0 aromatic heterocycles. The van der Waals surface area contributed by atoms with Gasteiger partial charge in [0, 0.05) is 23.6 Å². The third-order valence-corrected chi connectivity index (χ3v) is 6.44. The SMILES string of the molecule is O=S(=O)(c1ccc(Br)cc1F)N1C[C@@H]2CCCN[C@@H]2C1. The molecule has 0 amide bonds. The average molecular weight is 363 g/mol. The quantitative estimate of drug-likeness (QED) is 0.874. The lowest BCUT2D eigenvalue weighted by Gasteiger charge is -2.24. The van der Waals surface area contributed by atoms with E-state index in [9.17, 15) is 12.8 Å². The van der Waals surface area contributed by atoms with Gasteiger partial charge in [-0.2, -0.15) is 4.31 Å². The van der Waals surface area contributed by atoms with Crippen LogP contribution < -0.4 is 5.32 Å². The molecule has 0 aliphatic carbocycles. The van der Waals surface area contributed by atoms with Crippen molar-refractivity contribution in [2.24, 2.45) is 5.92 Å². The van der Waals surface area contributed by atoms with Crippen molar-refractivity contribution >= 4 is 26.0 Å². The summed E-state index contributed by atoms with van der Waals surface area (Å²) < 4.78 is 41.0. The molecule has 0 bridgehead atoms. The van der Waals surface area contributed by atoms with E-state index in [2.05, 4.69) is 21.2 Å². The van der Waals surface area contributed by atoms with Crippen molar-refractivity contribution in [2.45, 2.75) is 23.8 Å². The Morgan fingerprint density at radius 2 is 2.15 bits per heavy atom. The van der Waals surface area contributed by atoms with Gasteiger partial charge in [0.15, 0.2) is 0 Å². The van der Waals surface area contributed by atoms with Gasteiger partial charge < -0.3 is 5.32 Å². The van der Waals surface area contributed by atoms with Crippen LogP contribution in [-0.2, 0) is 10.0 Å². The fourth-order valence-corrected chi connectivity index (χ4v) is 4.93. The van der Waals surface area contributed by atoms with E-state index in [0.717, 1.165) is 19.4 Å². The number of nitrogens with one attached hydrogen (secondary N) is 1. The zero-order chi connectivity index (χ0) is 14.3. The van der Waals surface area contributed by atoms with E-state index in [-0.39, 0.29) is 10.9 Å². The van der Waals surface area contributed by atoms with E-state index in [0.29, 0.717) is 23.5 Å². The molecule has 2 saturated heterocycles. The van der Waals surface area contributed by atoms with Crippen LogP contribution in [0.2, 0.25) is 0 Å². The maximum absolute atomic E-state index is 13.9. The molecule has 2 fully saturated rings. The highest BCUT2D eigenvalue weighted by Gasteiger charge is 2.40. The highest BCUT2D eigenvalue weighted by Crippen LogP contribution is 2.30. The van der Waals surface area contributed by atoms with Crippen molar-refractivity contribution in [1.82, 2.24) is 9.62 Å². The first-order valence-corrected chi connectivity index (χ1v) is 8.90. The Morgan fingerprint density at radius 3 is 2.85 bits per heavy atom. The molecule has 2 aliphatic heterocycles. The molecule has 1 N–H and O–H groups in total. The fraction of sp³-hybridized carbons (Fsp3) is 0.538. The summed E-state index contributed by atoms with van der Waals surface area (Å²) in [6.07, 6.45) is 2.11. The summed E-state index contributed by atoms with van der Waals surface area (Å²) in [5.74, 6) is -0.362. The molecule has 2 heterocycles. The topological polar surface area (TPSA) is 49.4 Å². The smallest absolute Gasteiger partial charge is 0.246 e. The average Bonchev–Trinajstić information content (AvgIpc) is 2.82. The first-order valence-electron chi connectivity index (χ1n) is 6.67. The molecular formula is C13H16BrFN2O2S. The molecule has 110 valence electrons. The number of hydrogen-bond donors (Lipinski definition) is 1. The standard InChI is InChI=1S/C13H16BrFN2O2S/c14-10-3-4-13(11(15)6-10)20(18,19)17-7-9-2-1-5-16-12(9)8-17/h3-4,6,9,12,16H,1-2,5,7-8H2/t9-,12+/m0/s1. The highest BCUT2D eigenvalue weighted by atomic mass is 79.9. The third kappa shape index (κ3) is 2.52. The van der Waals surface area contributed by atoms with E-state index in [1.807, 2.05) is 0 Å². The van der Waals surface area contributed by atoms with Gasteiger partial charge in [-0.05, 0) is 43.5 Å². The third-order valence-electron chi connectivity index (χ3n) is 4.08. The minimum Gasteiger partial charge on any atom is -0.312 e. The molecule has 0 saturated carbocycles. The van der Waals surface area contributed by atoms with Gasteiger partial charge in [-0.15, -0.1) is 0 Å². The summed E-state index contributed by atoms with van der Waals surface area (Å²) in [4.78, 5) is -0.237. The first-order chi connectivity index (χ1) is 9.48. The number of piperidine rings is 1. The van der Waals surface area contributed by atoms with Gasteiger partial charge in [0.1, 0.15) is 10.7 Å². The number of benzene rings is 1. The summed E-state index contributed by atoms with van der Waals surface area (Å²) in [7, 11) is -3.75. The van der Waals surface area contributed by atoms with Crippen LogP contribution in [0.5, 0.6) is 0 Å². The van der Waals surface area contributed by atoms with Crippen molar-refractivity contribution in [3.05, 3.63) is 28.5 Å². The summed E-state index contributed by atoms with van der Waals surface area (Å²) >= 11 is 3.14. The van der Waals surface area contributed by atoms with Gasteiger partial charge in [-0.25, -0.2) is 12.8 Å². The lowest BCUT2D eigenvalue weighted by atomic mass is 9.94. The molecule has 4 nitrogen and oxygen atoms in total. The molecule has 3 rings (SSSR count). The van der Waals surface area contributed by atoms with E-state index < -0.39 is 15.8 Å². The summed E-state index contributed by atoms with van der Waals surface area (Å²) in [5.41, 5.74) is 0. The van der Waals surface area contributed by atoms with Crippen LogP contribution in [0.1, 0.15) is 12.8 Å². The molecule has 20 heavy (non-hydrogen) atoms. The Kier molecular flexibility index (Phi) is 3.87.